The summed E-state index contributed by atoms with van der Waals surface area (Å²) >= 11 is 1.39. The number of hydrogen-bond donors (Lipinski definition) is 1. The number of ether oxygens (including phenoxy) is 1. The number of carbonyl (C=O) groups is 2. The zero-order valence-electron chi connectivity index (χ0n) is 19.9. The van der Waals surface area contributed by atoms with E-state index in [-0.39, 0.29) is 11.8 Å². The number of rotatable bonds is 6. The lowest BCUT2D eigenvalue weighted by Crippen LogP contribution is -2.47. The first-order valence-electron chi connectivity index (χ1n) is 11.7. The van der Waals surface area contributed by atoms with E-state index in [1.54, 1.807) is 29.6 Å². The van der Waals surface area contributed by atoms with E-state index in [0.29, 0.717) is 22.7 Å². The first-order valence-corrected chi connectivity index (χ1v) is 12.6. The molecule has 1 aliphatic heterocycles. The second kappa shape index (κ2) is 10.7. The summed E-state index contributed by atoms with van der Waals surface area (Å²) in [6, 6.07) is 24.1. The van der Waals surface area contributed by atoms with Crippen LogP contribution in [0.3, 0.4) is 0 Å². The summed E-state index contributed by atoms with van der Waals surface area (Å²) in [7, 11) is 2.07. The monoisotopic (exact) mass is 498 g/mol. The van der Waals surface area contributed by atoms with Gasteiger partial charge in [-0.25, -0.2) is 4.98 Å². The van der Waals surface area contributed by atoms with Gasteiger partial charge in [-0.1, -0.05) is 30.3 Å². The molecule has 1 fully saturated rings. The van der Waals surface area contributed by atoms with Gasteiger partial charge >= 0.3 is 0 Å². The third-order valence-electron chi connectivity index (χ3n) is 6.00. The summed E-state index contributed by atoms with van der Waals surface area (Å²) < 4.78 is 5.79. The Bertz CT molecular complexity index is 1330. The molecule has 5 rings (SSSR count). The van der Waals surface area contributed by atoms with Gasteiger partial charge < -0.3 is 19.9 Å². The molecule has 0 unspecified atom stereocenters. The molecule has 0 spiro atoms. The molecule has 182 valence electrons. The molecule has 1 N–H and O–H groups in total. The van der Waals surface area contributed by atoms with Crippen molar-refractivity contribution in [2.75, 3.05) is 38.5 Å². The van der Waals surface area contributed by atoms with Gasteiger partial charge in [0.15, 0.2) is 0 Å². The van der Waals surface area contributed by atoms with Crippen LogP contribution in [0.15, 0.2) is 84.2 Å². The second-order valence-electron chi connectivity index (χ2n) is 8.60. The molecule has 8 heteroatoms. The Morgan fingerprint density at radius 3 is 2.22 bits per heavy atom. The lowest BCUT2D eigenvalue weighted by Gasteiger charge is -2.32. The maximum atomic E-state index is 12.8. The third kappa shape index (κ3) is 5.62. The minimum absolute atomic E-state index is 0.0500. The Hall–Kier alpha value is -4.01. The highest BCUT2D eigenvalue weighted by atomic mass is 32.1. The number of amides is 2. The normalized spacial score (nSPS) is 13.9. The molecule has 1 saturated heterocycles. The number of piperazine rings is 1. The Balaban J connectivity index is 1.19. The molecule has 0 radical (unpaired) electrons. The molecule has 2 amide bonds. The number of nitrogens with one attached hydrogen (secondary N) is 1. The Morgan fingerprint density at radius 2 is 1.53 bits per heavy atom. The maximum absolute atomic E-state index is 12.8. The smallest absolute Gasteiger partial charge is 0.275 e. The number of anilines is 1. The fourth-order valence-electron chi connectivity index (χ4n) is 3.88. The van der Waals surface area contributed by atoms with Crippen LogP contribution in [0.2, 0.25) is 0 Å². The van der Waals surface area contributed by atoms with Crippen LogP contribution >= 0.6 is 11.3 Å². The Morgan fingerprint density at radius 1 is 0.861 bits per heavy atom. The molecule has 4 aromatic rings. The van der Waals surface area contributed by atoms with Crippen LogP contribution in [0.4, 0.5) is 5.69 Å². The van der Waals surface area contributed by atoms with Gasteiger partial charge in [-0.05, 0) is 55.6 Å². The van der Waals surface area contributed by atoms with Crippen LogP contribution in [-0.4, -0.2) is 59.8 Å². The van der Waals surface area contributed by atoms with Crippen LogP contribution in [0, 0.1) is 0 Å². The molecule has 36 heavy (non-hydrogen) atoms. The van der Waals surface area contributed by atoms with E-state index < -0.39 is 0 Å². The summed E-state index contributed by atoms with van der Waals surface area (Å²) in [4.78, 5) is 34.1. The molecule has 7 nitrogen and oxygen atoms in total. The predicted molar refractivity (Wildman–Crippen MR) is 142 cm³/mol. The van der Waals surface area contributed by atoms with Crippen molar-refractivity contribution in [2.24, 2.45) is 0 Å². The summed E-state index contributed by atoms with van der Waals surface area (Å²) in [5, 5.41) is 5.34. The average Bonchev–Trinajstić information content (AvgIpc) is 3.41. The molecule has 0 bridgehead atoms. The van der Waals surface area contributed by atoms with E-state index in [2.05, 4.69) is 22.2 Å². The highest BCUT2D eigenvalue weighted by Gasteiger charge is 2.20. The van der Waals surface area contributed by atoms with E-state index >= 15 is 0 Å². The largest absolute Gasteiger partial charge is 0.457 e. The van der Waals surface area contributed by atoms with Crippen molar-refractivity contribution in [3.05, 3.63) is 95.5 Å². The minimum Gasteiger partial charge on any atom is -0.457 e. The van der Waals surface area contributed by atoms with Gasteiger partial charge in [0.25, 0.3) is 11.8 Å². The van der Waals surface area contributed by atoms with Crippen molar-refractivity contribution in [2.45, 2.75) is 0 Å². The van der Waals surface area contributed by atoms with Gasteiger partial charge in [-0.15, -0.1) is 11.3 Å². The number of para-hydroxylation sites is 1. The van der Waals surface area contributed by atoms with Gasteiger partial charge in [0.1, 0.15) is 22.2 Å². The molecule has 2 heterocycles. The topological polar surface area (TPSA) is 74.8 Å². The fraction of sp³-hybridized carbons (Fsp3) is 0.179. The van der Waals surface area contributed by atoms with Crippen LogP contribution in [0.1, 0.15) is 20.8 Å². The van der Waals surface area contributed by atoms with Crippen LogP contribution in [0.25, 0.3) is 10.6 Å². The first kappa shape index (κ1) is 23.7. The number of nitrogens with zero attached hydrogens (tertiary/aromatic N) is 3. The summed E-state index contributed by atoms with van der Waals surface area (Å²) in [5.41, 5.74) is 2.54. The fourth-order valence-corrected chi connectivity index (χ4v) is 4.69. The van der Waals surface area contributed by atoms with Gasteiger partial charge in [-0.3, -0.25) is 9.59 Å². The third-order valence-corrected chi connectivity index (χ3v) is 6.89. The summed E-state index contributed by atoms with van der Waals surface area (Å²) in [6.07, 6.45) is 0. The van der Waals surface area contributed by atoms with E-state index in [1.165, 1.54) is 11.3 Å². The van der Waals surface area contributed by atoms with Crippen molar-refractivity contribution in [1.82, 2.24) is 14.8 Å². The molecule has 0 saturated carbocycles. The molecule has 1 aliphatic rings. The lowest BCUT2D eigenvalue weighted by molar-refractivity contribution is 0.0664. The number of thiazole rings is 1. The summed E-state index contributed by atoms with van der Waals surface area (Å²) in [6.45, 7) is 3.26. The summed E-state index contributed by atoms with van der Waals surface area (Å²) in [5.74, 6) is 1.20. The highest BCUT2D eigenvalue weighted by molar-refractivity contribution is 7.13. The Labute approximate surface area is 214 Å². The SMILES string of the molecule is CN1CCN(C(=O)c2ccc(-c3nc(C(=O)Nc4ccc(Oc5ccccc5)cc4)cs3)cc2)CC1. The van der Waals surface area contributed by atoms with Gasteiger partial charge in [0.05, 0.1) is 0 Å². The highest BCUT2D eigenvalue weighted by Crippen LogP contribution is 2.26. The van der Waals surface area contributed by atoms with E-state index in [0.717, 1.165) is 42.5 Å². The number of hydrogen-bond acceptors (Lipinski definition) is 6. The van der Waals surface area contributed by atoms with Crippen molar-refractivity contribution in [3.8, 4) is 22.1 Å². The first-order chi connectivity index (χ1) is 17.5. The van der Waals surface area contributed by atoms with Crippen molar-refractivity contribution < 1.29 is 14.3 Å². The zero-order valence-corrected chi connectivity index (χ0v) is 20.7. The van der Waals surface area contributed by atoms with E-state index in [4.69, 9.17) is 4.74 Å². The molecule has 1 aromatic heterocycles. The number of aromatic nitrogens is 1. The van der Waals surface area contributed by atoms with Crippen molar-refractivity contribution in [3.63, 3.8) is 0 Å². The van der Waals surface area contributed by atoms with Gasteiger partial charge in [0, 0.05) is 48.4 Å². The average molecular weight is 499 g/mol. The number of benzene rings is 3. The maximum Gasteiger partial charge on any atom is 0.275 e. The number of carbonyl (C=O) groups excluding carboxylic acids is 2. The minimum atomic E-state index is -0.281. The van der Waals surface area contributed by atoms with E-state index in [9.17, 15) is 9.59 Å². The molecule has 0 aliphatic carbocycles. The molecule has 3 aromatic carbocycles. The van der Waals surface area contributed by atoms with Gasteiger partial charge in [-0.2, -0.15) is 0 Å². The molecule has 0 atom stereocenters. The van der Waals surface area contributed by atoms with E-state index in [1.807, 2.05) is 59.5 Å². The standard InChI is InChI=1S/C28H26N4O3S/c1-31-15-17-32(18-16-31)28(34)21-9-7-20(8-10-21)27-30-25(19-36-27)26(33)29-22-11-13-24(14-12-22)35-23-5-3-2-4-6-23/h2-14,19H,15-18H2,1H3,(H,29,33). The van der Waals surface area contributed by atoms with Crippen LogP contribution < -0.4 is 10.1 Å². The lowest BCUT2D eigenvalue weighted by atomic mass is 10.1. The second-order valence-corrected chi connectivity index (χ2v) is 9.46. The van der Waals surface area contributed by atoms with Crippen molar-refractivity contribution in [1.29, 1.82) is 0 Å². The van der Waals surface area contributed by atoms with Crippen LogP contribution in [-0.2, 0) is 0 Å². The predicted octanol–water partition coefficient (Wildman–Crippen LogP) is 5.24. The van der Waals surface area contributed by atoms with Crippen LogP contribution in [0.5, 0.6) is 11.5 Å². The quantitative estimate of drug-likeness (QED) is 0.393. The molecular formula is C28H26N4O3S. The van der Waals surface area contributed by atoms with Gasteiger partial charge in [0.2, 0.25) is 0 Å². The molecular weight excluding hydrogens is 472 g/mol. The van der Waals surface area contributed by atoms with Crippen molar-refractivity contribution >= 4 is 28.8 Å². The number of likely N-dealkylation sites (N-methyl/N-ethyl adjacent to an activating group) is 1. The Kier molecular flexibility index (Phi) is 7.06. The zero-order chi connectivity index (χ0) is 24.9.